The highest BCUT2D eigenvalue weighted by Crippen LogP contribution is 2.26. The summed E-state index contributed by atoms with van der Waals surface area (Å²) >= 11 is 5.87. The van der Waals surface area contributed by atoms with Crippen LogP contribution in [0.15, 0.2) is 49.3 Å². The topological polar surface area (TPSA) is 89.4 Å². The Bertz CT molecular complexity index is 1150. The fourth-order valence-corrected chi connectivity index (χ4v) is 2.66. The van der Waals surface area contributed by atoms with Crippen LogP contribution >= 0.6 is 11.6 Å². The van der Waals surface area contributed by atoms with Crippen molar-refractivity contribution in [3.63, 3.8) is 0 Å². The first-order valence-electron chi connectivity index (χ1n) is 8.25. The molecular weight excluding hydrogens is 407 g/mol. The van der Waals surface area contributed by atoms with Crippen LogP contribution in [-0.2, 0) is 12.7 Å². The summed E-state index contributed by atoms with van der Waals surface area (Å²) in [5, 5.41) is 4.21. The van der Waals surface area contributed by atoms with Gasteiger partial charge in [0.1, 0.15) is 12.1 Å². The molecular formula is C18H11ClF3N7. The predicted octanol–water partition coefficient (Wildman–Crippen LogP) is 4.16. The molecule has 0 saturated heterocycles. The van der Waals surface area contributed by atoms with E-state index in [1.165, 1.54) is 12.5 Å². The second-order valence-corrected chi connectivity index (χ2v) is 6.38. The molecule has 4 rings (SSSR count). The largest absolute Gasteiger partial charge is 0.451 e. The second kappa shape index (κ2) is 7.55. The van der Waals surface area contributed by atoms with Crippen LogP contribution in [-0.4, -0.2) is 29.9 Å². The van der Waals surface area contributed by atoms with Crippen LogP contribution in [0.1, 0.15) is 11.4 Å². The summed E-state index contributed by atoms with van der Waals surface area (Å²) in [5.74, 6) is -0.712. The molecule has 0 aromatic carbocycles. The Balaban J connectivity index is 1.60. The van der Waals surface area contributed by atoms with Crippen molar-refractivity contribution in [3.8, 4) is 11.3 Å². The fourth-order valence-electron chi connectivity index (χ4n) is 2.55. The minimum absolute atomic E-state index is 0.174. The van der Waals surface area contributed by atoms with Crippen molar-refractivity contribution in [2.24, 2.45) is 0 Å². The van der Waals surface area contributed by atoms with E-state index in [0.717, 1.165) is 18.0 Å². The number of nitrogens with zero attached hydrogens (tertiary/aromatic N) is 6. The maximum atomic E-state index is 12.6. The summed E-state index contributed by atoms with van der Waals surface area (Å²) < 4.78 is 37.7. The van der Waals surface area contributed by atoms with Gasteiger partial charge in [0.15, 0.2) is 5.65 Å². The van der Waals surface area contributed by atoms with Crippen LogP contribution in [0.4, 0.5) is 19.0 Å². The van der Waals surface area contributed by atoms with Crippen LogP contribution in [0.25, 0.3) is 22.3 Å². The molecule has 0 amide bonds. The Morgan fingerprint density at radius 2 is 1.69 bits per heavy atom. The molecule has 4 heterocycles. The highest BCUT2D eigenvalue weighted by molar-refractivity contribution is 6.30. The minimum atomic E-state index is -4.58. The quantitative estimate of drug-likeness (QED) is 0.533. The van der Waals surface area contributed by atoms with E-state index in [9.17, 15) is 13.2 Å². The monoisotopic (exact) mass is 417 g/mol. The Labute approximate surface area is 167 Å². The van der Waals surface area contributed by atoms with Gasteiger partial charge in [0, 0.05) is 42.5 Å². The van der Waals surface area contributed by atoms with Gasteiger partial charge in [0.05, 0.1) is 16.1 Å². The van der Waals surface area contributed by atoms with Crippen molar-refractivity contribution in [1.82, 2.24) is 29.9 Å². The van der Waals surface area contributed by atoms with Gasteiger partial charge in [-0.2, -0.15) is 13.2 Å². The molecule has 4 aromatic rings. The Morgan fingerprint density at radius 3 is 2.38 bits per heavy atom. The lowest BCUT2D eigenvalue weighted by Gasteiger charge is -2.10. The number of nitrogens with one attached hydrogen (secondary N) is 1. The second-order valence-electron chi connectivity index (χ2n) is 5.95. The summed E-state index contributed by atoms with van der Waals surface area (Å²) in [6, 6.07) is 5.31. The number of alkyl halides is 3. The van der Waals surface area contributed by atoms with Crippen molar-refractivity contribution in [2.75, 3.05) is 5.32 Å². The van der Waals surface area contributed by atoms with Crippen molar-refractivity contribution in [3.05, 3.63) is 65.7 Å². The molecule has 0 aliphatic heterocycles. The number of hydrogen-bond donors (Lipinski definition) is 1. The van der Waals surface area contributed by atoms with E-state index in [1.54, 1.807) is 18.3 Å². The van der Waals surface area contributed by atoms with E-state index in [4.69, 9.17) is 11.6 Å². The highest BCUT2D eigenvalue weighted by atomic mass is 35.5. The number of anilines is 1. The Morgan fingerprint density at radius 1 is 0.897 bits per heavy atom. The zero-order valence-electron chi connectivity index (χ0n) is 14.5. The van der Waals surface area contributed by atoms with Gasteiger partial charge in [-0.25, -0.2) is 24.9 Å². The first kappa shape index (κ1) is 18.9. The fraction of sp³-hybridized carbons (Fsp3) is 0.111. The van der Waals surface area contributed by atoms with Crippen molar-refractivity contribution in [1.29, 1.82) is 0 Å². The molecule has 0 radical (unpaired) electrons. The number of pyridine rings is 2. The summed E-state index contributed by atoms with van der Waals surface area (Å²) in [6.07, 6.45) is 2.18. The van der Waals surface area contributed by atoms with E-state index in [0.29, 0.717) is 33.1 Å². The molecule has 0 aliphatic carbocycles. The van der Waals surface area contributed by atoms with Crippen LogP contribution in [0.3, 0.4) is 0 Å². The molecule has 0 saturated carbocycles. The van der Waals surface area contributed by atoms with Crippen LogP contribution in [0.5, 0.6) is 0 Å². The first-order chi connectivity index (χ1) is 13.9. The Hall–Kier alpha value is -3.40. The van der Waals surface area contributed by atoms with Crippen LogP contribution in [0, 0.1) is 0 Å². The lowest BCUT2D eigenvalue weighted by Crippen LogP contribution is -2.12. The zero-order chi connectivity index (χ0) is 20.4. The zero-order valence-corrected chi connectivity index (χ0v) is 15.3. The molecule has 29 heavy (non-hydrogen) atoms. The number of halogens is 4. The molecule has 146 valence electrons. The molecule has 0 aliphatic rings. The maximum Gasteiger partial charge on any atom is 0.451 e. The first-order valence-corrected chi connectivity index (χ1v) is 8.62. The standard InChI is InChI=1S/C18H11ClF3N7/c19-12-1-2-14(23-8-12)11-3-13-15(28-9-29-16(13)25-7-11)24-4-10-5-26-17(27-6-10)18(20,21)22/h1-3,5-9H,4H2,(H,24,25,28,29). The Kier molecular flexibility index (Phi) is 4.93. The SMILES string of the molecule is FC(F)(F)c1ncc(CNc2ncnc3ncc(-c4ccc(Cl)cn4)cc23)cn1. The van der Waals surface area contributed by atoms with Crippen molar-refractivity contribution < 1.29 is 13.2 Å². The van der Waals surface area contributed by atoms with E-state index >= 15 is 0 Å². The summed E-state index contributed by atoms with van der Waals surface area (Å²) in [5.41, 5.74) is 2.34. The van der Waals surface area contributed by atoms with Gasteiger partial charge in [0.25, 0.3) is 0 Å². The number of aromatic nitrogens is 6. The van der Waals surface area contributed by atoms with E-state index < -0.39 is 12.0 Å². The van der Waals surface area contributed by atoms with Crippen LogP contribution < -0.4 is 5.32 Å². The van der Waals surface area contributed by atoms with Crippen molar-refractivity contribution >= 4 is 28.5 Å². The molecule has 4 aromatic heterocycles. The van der Waals surface area contributed by atoms with Gasteiger partial charge in [-0.05, 0) is 18.2 Å². The molecule has 0 fully saturated rings. The lowest BCUT2D eigenvalue weighted by atomic mass is 10.1. The lowest BCUT2D eigenvalue weighted by molar-refractivity contribution is -0.145. The molecule has 0 bridgehead atoms. The van der Waals surface area contributed by atoms with Gasteiger partial charge in [-0.3, -0.25) is 4.98 Å². The number of fused-ring (bicyclic) bond motifs is 1. The third kappa shape index (κ3) is 4.21. The smallest absolute Gasteiger partial charge is 0.365 e. The van der Waals surface area contributed by atoms with Gasteiger partial charge >= 0.3 is 6.18 Å². The summed E-state index contributed by atoms with van der Waals surface area (Å²) in [7, 11) is 0. The molecule has 7 nitrogen and oxygen atoms in total. The number of hydrogen-bond acceptors (Lipinski definition) is 7. The molecule has 0 unspecified atom stereocenters. The van der Waals surface area contributed by atoms with E-state index in [-0.39, 0.29) is 6.54 Å². The summed E-state index contributed by atoms with van der Waals surface area (Å²) in [4.78, 5) is 23.6. The molecule has 11 heteroatoms. The third-order valence-corrected chi connectivity index (χ3v) is 4.15. The van der Waals surface area contributed by atoms with Gasteiger partial charge in [-0.15, -0.1) is 0 Å². The van der Waals surface area contributed by atoms with E-state index in [2.05, 4.69) is 35.2 Å². The molecule has 0 spiro atoms. The van der Waals surface area contributed by atoms with E-state index in [1.807, 2.05) is 6.07 Å². The van der Waals surface area contributed by atoms with Gasteiger partial charge < -0.3 is 5.32 Å². The third-order valence-electron chi connectivity index (χ3n) is 3.93. The minimum Gasteiger partial charge on any atom is -0.365 e. The molecule has 0 atom stereocenters. The van der Waals surface area contributed by atoms with Crippen molar-refractivity contribution in [2.45, 2.75) is 12.7 Å². The normalized spacial score (nSPS) is 11.6. The number of rotatable bonds is 4. The molecule has 1 N–H and O–H groups in total. The predicted molar refractivity (Wildman–Crippen MR) is 99.9 cm³/mol. The average molecular weight is 418 g/mol. The van der Waals surface area contributed by atoms with Gasteiger partial charge in [-0.1, -0.05) is 11.6 Å². The maximum absolute atomic E-state index is 12.6. The van der Waals surface area contributed by atoms with Crippen LogP contribution in [0.2, 0.25) is 5.02 Å². The van der Waals surface area contributed by atoms with Gasteiger partial charge in [0.2, 0.25) is 5.82 Å². The highest BCUT2D eigenvalue weighted by Gasteiger charge is 2.34. The average Bonchev–Trinajstić information content (AvgIpc) is 2.72. The summed E-state index contributed by atoms with van der Waals surface area (Å²) in [6.45, 7) is 0.174.